The Kier molecular flexibility index (Phi) is 1.51. The van der Waals surface area contributed by atoms with Crippen molar-refractivity contribution in [1.82, 2.24) is 0 Å². The Bertz CT molecular complexity index is 434. The topological polar surface area (TPSA) is 82.1 Å². The number of ether oxygens (including phenoxy) is 2. The van der Waals surface area contributed by atoms with Crippen molar-refractivity contribution < 1.29 is 28.6 Å². The Labute approximate surface area is 88.7 Å². The third-order valence-electron chi connectivity index (χ3n) is 3.23. The van der Waals surface area contributed by atoms with Gasteiger partial charge in [-0.15, -0.1) is 0 Å². The molecule has 0 spiro atoms. The van der Waals surface area contributed by atoms with Crippen LogP contribution in [0.3, 0.4) is 0 Å². The van der Waals surface area contributed by atoms with Crippen molar-refractivity contribution >= 4 is 10.1 Å². The highest BCUT2D eigenvalue weighted by atomic mass is 32.2. The predicted octanol–water partition coefficient (Wildman–Crippen LogP) is -1.16. The lowest BCUT2D eigenvalue weighted by atomic mass is 9.60. The highest BCUT2D eigenvalue weighted by Gasteiger charge is 2.79. The highest BCUT2D eigenvalue weighted by Crippen LogP contribution is 2.64. The first kappa shape index (κ1) is 8.89. The van der Waals surface area contributed by atoms with Crippen LogP contribution in [-0.2, 0) is 23.8 Å². The maximum absolute atomic E-state index is 10.9. The van der Waals surface area contributed by atoms with E-state index in [1.54, 1.807) is 0 Å². The van der Waals surface area contributed by atoms with E-state index in [1.165, 1.54) is 0 Å². The largest absolute Gasteiger partial charge is 0.369 e. The molecule has 3 aliphatic rings. The van der Waals surface area contributed by atoms with Crippen molar-refractivity contribution in [2.24, 2.45) is 5.92 Å². The van der Waals surface area contributed by atoms with Gasteiger partial charge in [-0.05, 0) is 0 Å². The van der Waals surface area contributed by atoms with E-state index in [0.29, 0.717) is 0 Å². The van der Waals surface area contributed by atoms with Crippen LogP contribution in [0.15, 0.2) is 0 Å². The summed E-state index contributed by atoms with van der Waals surface area (Å²) in [5.41, 5.74) is -0.868. The monoisotopic (exact) mass is 238 g/mol. The van der Waals surface area contributed by atoms with Crippen molar-refractivity contribution in [3.63, 3.8) is 0 Å². The molecule has 3 fully saturated rings. The quantitative estimate of drug-likeness (QED) is 0.624. The molecule has 0 aromatic heterocycles. The standard InChI is InChI=1S/C8H12O6S/c1-15(10,11)13-4-7-3-8(9)6(7)5(14-8)2-12-7/h5-6,9H,2-4H2,1H3/t5?,6?,7-,8?/m1/s1/i2T/t2-,5?,6?,7+,8?/m0. The first-order valence-corrected chi connectivity index (χ1v) is 6.42. The normalized spacial score (nSPS) is 57.7. The second-order valence-corrected chi connectivity index (χ2v) is 6.01. The molecule has 0 bridgehead atoms. The van der Waals surface area contributed by atoms with Crippen LogP contribution in [0.4, 0.5) is 0 Å². The fourth-order valence-electron chi connectivity index (χ4n) is 2.64. The smallest absolute Gasteiger partial charge is 0.264 e. The van der Waals surface area contributed by atoms with Gasteiger partial charge in [-0.3, -0.25) is 4.18 Å². The molecule has 3 unspecified atom stereocenters. The van der Waals surface area contributed by atoms with Crippen molar-refractivity contribution in [2.75, 3.05) is 19.4 Å². The van der Waals surface area contributed by atoms with Crippen LogP contribution in [0.2, 0.25) is 0 Å². The first-order chi connectivity index (χ1) is 7.26. The van der Waals surface area contributed by atoms with E-state index < -0.39 is 34.2 Å². The summed E-state index contributed by atoms with van der Waals surface area (Å²) in [6.07, 6.45) is 0.643. The average molecular weight is 238 g/mol. The molecule has 0 amide bonds. The lowest BCUT2D eigenvalue weighted by Crippen LogP contribution is -2.77. The summed E-state index contributed by atoms with van der Waals surface area (Å²) >= 11 is 0. The Morgan fingerprint density at radius 2 is 2.47 bits per heavy atom. The second-order valence-electron chi connectivity index (χ2n) is 4.37. The Morgan fingerprint density at radius 1 is 1.73 bits per heavy atom. The zero-order valence-corrected chi connectivity index (χ0v) is 8.86. The maximum atomic E-state index is 10.9. The van der Waals surface area contributed by atoms with Gasteiger partial charge in [0.25, 0.3) is 10.1 Å². The molecule has 5 atom stereocenters. The van der Waals surface area contributed by atoms with Crippen LogP contribution >= 0.6 is 0 Å². The third-order valence-corrected chi connectivity index (χ3v) is 3.77. The van der Waals surface area contributed by atoms with E-state index in [2.05, 4.69) is 0 Å². The van der Waals surface area contributed by atoms with E-state index in [0.717, 1.165) is 6.26 Å². The minimum Gasteiger partial charge on any atom is -0.369 e. The van der Waals surface area contributed by atoms with Gasteiger partial charge in [0.1, 0.15) is 5.60 Å². The molecule has 0 aromatic carbocycles. The molecule has 2 saturated heterocycles. The zero-order chi connectivity index (χ0) is 11.8. The number of hydrogen-bond donors (Lipinski definition) is 1. The van der Waals surface area contributed by atoms with Gasteiger partial charge in [-0.2, -0.15) is 8.42 Å². The van der Waals surface area contributed by atoms with Crippen LogP contribution in [0.25, 0.3) is 0 Å². The second kappa shape index (κ2) is 2.54. The fourth-order valence-corrected chi connectivity index (χ4v) is 3.05. The molecule has 0 radical (unpaired) electrons. The lowest BCUT2D eigenvalue weighted by molar-refractivity contribution is -0.431. The van der Waals surface area contributed by atoms with Crippen molar-refractivity contribution in [1.29, 1.82) is 0 Å². The van der Waals surface area contributed by atoms with Crippen LogP contribution < -0.4 is 0 Å². The Hall–Kier alpha value is -0.210. The average Bonchev–Trinajstić information content (AvgIpc) is 2.19. The molecule has 86 valence electrons. The van der Waals surface area contributed by atoms with E-state index in [-0.39, 0.29) is 18.9 Å². The predicted molar refractivity (Wildman–Crippen MR) is 47.4 cm³/mol. The summed E-state index contributed by atoms with van der Waals surface area (Å²) in [4.78, 5) is 0. The van der Waals surface area contributed by atoms with E-state index >= 15 is 0 Å². The first-order valence-electron chi connectivity index (χ1n) is 5.18. The molecule has 2 heterocycles. The summed E-state index contributed by atoms with van der Waals surface area (Å²) in [6, 6.07) is 0. The molecule has 15 heavy (non-hydrogen) atoms. The van der Waals surface area contributed by atoms with Crippen LogP contribution in [0, 0.1) is 5.92 Å². The van der Waals surface area contributed by atoms with E-state index in [1.807, 2.05) is 0 Å². The minimum absolute atomic E-state index is 0.159. The van der Waals surface area contributed by atoms with Crippen molar-refractivity contribution in [3.05, 3.63) is 0 Å². The van der Waals surface area contributed by atoms with Crippen molar-refractivity contribution in [3.8, 4) is 0 Å². The van der Waals surface area contributed by atoms with Gasteiger partial charge < -0.3 is 14.6 Å². The zero-order valence-electron chi connectivity index (χ0n) is 9.04. The molecule has 2 aliphatic heterocycles. The summed E-state index contributed by atoms with van der Waals surface area (Å²) in [5.74, 6) is -1.58. The molecular formula is C8H12O6S. The summed E-state index contributed by atoms with van der Waals surface area (Å²) in [5, 5.41) is 9.77. The maximum Gasteiger partial charge on any atom is 0.264 e. The Morgan fingerprint density at radius 3 is 3.07 bits per heavy atom. The molecule has 1 saturated carbocycles. The molecule has 6 nitrogen and oxygen atoms in total. The number of hydrogen-bond acceptors (Lipinski definition) is 6. The van der Waals surface area contributed by atoms with Gasteiger partial charge in [0.05, 0.1) is 32.8 Å². The van der Waals surface area contributed by atoms with E-state index in [9.17, 15) is 13.5 Å². The van der Waals surface area contributed by atoms with Crippen LogP contribution in [0.5, 0.6) is 0 Å². The van der Waals surface area contributed by atoms with Crippen molar-refractivity contribution in [2.45, 2.75) is 23.9 Å². The summed E-state index contributed by atoms with van der Waals surface area (Å²) in [7, 11) is -3.54. The van der Waals surface area contributed by atoms with E-state index in [4.69, 9.17) is 15.0 Å². The summed E-state index contributed by atoms with van der Waals surface area (Å²) < 4.78 is 44.5. The molecule has 1 aliphatic carbocycles. The lowest BCUT2D eigenvalue weighted by Gasteiger charge is -2.62. The molecular weight excluding hydrogens is 224 g/mol. The molecule has 1 N–H and O–H groups in total. The van der Waals surface area contributed by atoms with Gasteiger partial charge in [-0.25, -0.2) is 0 Å². The van der Waals surface area contributed by atoms with Gasteiger partial charge in [0.2, 0.25) is 0 Å². The number of rotatable bonds is 3. The summed E-state index contributed by atoms with van der Waals surface area (Å²) in [6.45, 7) is -1.04. The molecule has 3 rings (SSSR count). The fraction of sp³-hybridized carbons (Fsp3) is 1.00. The SMILES string of the molecule is [3H][C@@H]1O[C@@]2(COS(C)(=O)=O)CC3(O)OC1C32. The van der Waals surface area contributed by atoms with Gasteiger partial charge in [0, 0.05) is 6.42 Å². The number of aliphatic hydroxyl groups is 1. The third kappa shape index (κ3) is 1.21. The van der Waals surface area contributed by atoms with Crippen LogP contribution in [-0.4, -0.2) is 50.5 Å². The van der Waals surface area contributed by atoms with Gasteiger partial charge >= 0.3 is 0 Å². The molecule has 0 aromatic rings. The minimum atomic E-state index is -3.54. The van der Waals surface area contributed by atoms with Crippen LogP contribution in [0.1, 0.15) is 7.79 Å². The molecule has 7 heteroatoms. The highest BCUT2D eigenvalue weighted by molar-refractivity contribution is 7.85. The Balaban J connectivity index is 1.76. The van der Waals surface area contributed by atoms with Gasteiger partial charge in [0.15, 0.2) is 5.79 Å². The van der Waals surface area contributed by atoms with Gasteiger partial charge in [-0.1, -0.05) is 0 Å².